The number of alkyl halides is 3. The first kappa shape index (κ1) is 13.8. The highest BCUT2D eigenvalue weighted by atomic mass is 19.4. The molecule has 0 fully saturated rings. The predicted molar refractivity (Wildman–Crippen MR) is 56.7 cm³/mol. The Balaban J connectivity index is 3.28. The fourth-order valence-corrected chi connectivity index (χ4v) is 1.66. The summed E-state index contributed by atoms with van der Waals surface area (Å²) >= 11 is 0. The van der Waals surface area contributed by atoms with Crippen LogP contribution >= 0.6 is 0 Å². The minimum absolute atomic E-state index is 0.157. The van der Waals surface area contributed by atoms with E-state index in [9.17, 15) is 23.1 Å². The van der Waals surface area contributed by atoms with Crippen LogP contribution in [-0.4, -0.2) is 15.8 Å². The Morgan fingerprint density at radius 1 is 1.41 bits per heavy atom. The van der Waals surface area contributed by atoms with Gasteiger partial charge in [-0.2, -0.15) is 13.2 Å². The molecule has 0 radical (unpaired) electrons. The lowest BCUT2D eigenvalue weighted by atomic mass is 10.1. The smallest absolute Gasteiger partial charge is 0.379 e. The molecule has 3 nitrogen and oxygen atoms in total. The minimum Gasteiger partial charge on any atom is -0.379 e. The highest BCUT2D eigenvalue weighted by Gasteiger charge is 2.40. The van der Waals surface area contributed by atoms with Crippen molar-refractivity contribution in [3.8, 4) is 0 Å². The van der Waals surface area contributed by atoms with Crippen molar-refractivity contribution in [3.05, 3.63) is 33.7 Å². The van der Waals surface area contributed by atoms with Gasteiger partial charge >= 0.3 is 6.18 Å². The van der Waals surface area contributed by atoms with Gasteiger partial charge in [-0.3, -0.25) is 4.79 Å². The summed E-state index contributed by atoms with van der Waals surface area (Å²) in [6, 6.07) is 2.08. The van der Waals surface area contributed by atoms with E-state index >= 15 is 0 Å². The Morgan fingerprint density at radius 3 is 2.47 bits per heavy atom. The zero-order valence-corrected chi connectivity index (χ0v) is 9.58. The van der Waals surface area contributed by atoms with E-state index in [1.807, 2.05) is 6.92 Å². The fraction of sp³-hybridized carbons (Fsp3) is 0.545. The van der Waals surface area contributed by atoms with Gasteiger partial charge in [-0.05, 0) is 19.4 Å². The summed E-state index contributed by atoms with van der Waals surface area (Å²) in [6.45, 7) is 3.56. The van der Waals surface area contributed by atoms with E-state index in [0.717, 1.165) is 12.1 Å². The van der Waals surface area contributed by atoms with Crippen LogP contribution in [0.4, 0.5) is 13.2 Å². The number of aliphatic hydroxyl groups is 1. The fourth-order valence-electron chi connectivity index (χ4n) is 1.66. The monoisotopic (exact) mass is 249 g/mol. The number of hydrogen-bond acceptors (Lipinski definition) is 2. The molecule has 0 spiro atoms. The molecule has 0 aromatic carbocycles. The van der Waals surface area contributed by atoms with Gasteiger partial charge in [0, 0.05) is 23.9 Å². The van der Waals surface area contributed by atoms with Crippen molar-refractivity contribution in [2.75, 3.05) is 0 Å². The molecule has 1 aromatic heterocycles. The van der Waals surface area contributed by atoms with Crippen molar-refractivity contribution >= 4 is 0 Å². The summed E-state index contributed by atoms with van der Waals surface area (Å²) in [4.78, 5) is 11.5. The summed E-state index contributed by atoms with van der Waals surface area (Å²) in [7, 11) is 0. The van der Waals surface area contributed by atoms with Gasteiger partial charge in [-0.25, -0.2) is 0 Å². The molecule has 17 heavy (non-hydrogen) atoms. The number of halogens is 3. The molecule has 0 amide bonds. The van der Waals surface area contributed by atoms with Gasteiger partial charge in [0.2, 0.25) is 0 Å². The highest BCUT2D eigenvalue weighted by Crippen LogP contribution is 2.33. The molecule has 0 aliphatic carbocycles. The van der Waals surface area contributed by atoms with E-state index in [-0.39, 0.29) is 16.8 Å². The first-order chi connectivity index (χ1) is 7.79. The second-order valence-corrected chi connectivity index (χ2v) is 3.81. The van der Waals surface area contributed by atoms with E-state index in [0.29, 0.717) is 13.0 Å². The van der Waals surface area contributed by atoms with Crippen LogP contribution in [0.15, 0.2) is 16.9 Å². The van der Waals surface area contributed by atoms with Gasteiger partial charge in [0.25, 0.3) is 5.56 Å². The largest absolute Gasteiger partial charge is 0.418 e. The number of nitrogens with zero attached hydrogens (tertiary/aromatic N) is 1. The molecule has 1 N–H and O–H groups in total. The Kier molecular flexibility index (Phi) is 3.98. The molecular formula is C11H14F3NO2. The lowest BCUT2D eigenvalue weighted by Gasteiger charge is -2.19. The molecular weight excluding hydrogens is 235 g/mol. The Bertz CT molecular complexity index is 451. The molecule has 1 rings (SSSR count). The van der Waals surface area contributed by atoms with Crippen LogP contribution < -0.4 is 5.56 Å². The average molecular weight is 249 g/mol. The third kappa shape index (κ3) is 2.88. The van der Waals surface area contributed by atoms with E-state index in [1.54, 1.807) is 0 Å². The summed E-state index contributed by atoms with van der Waals surface area (Å²) in [5, 5.41) is 9.18. The third-order valence-corrected chi connectivity index (χ3v) is 2.55. The maximum absolute atomic E-state index is 12.4. The molecule has 0 aliphatic heterocycles. The minimum atomic E-state index is -4.72. The van der Waals surface area contributed by atoms with Crippen molar-refractivity contribution in [2.45, 2.75) is 39.1 Å². The van der Waals surface area contributed by atoms with Crippen molar-refractivity contribution in [2.24, 2.45) is 0 Å². The highest BCUT2D eigenvalue weighted by molar-refractivity contribution is 5.23. The van der Waals surface area contributed by atoms with Crippen LogP contribution in [0.25, 0.3) is 0 Å². The number of hydrogen-bond donors (Lipinski definition) is 1. The van der Waals surface area contributed by atoms with E-state index < -0.39 is 12.3 Å². The van der Waals surface area contributed by atoms with Gasteiger partial charge in [0.15, 0.2) is 6.10 Å². The van der Waals surface area contributed by atoms with Gasteiger partial charge in [0.05, 0.1) is 0 Å². The van der Waals surface area contributed by atoms with Gasteiger partial charge in [0.1, 0.15) is 0 Å². The molecule has 0 saturated carbocycles. The number of rotatable bonds is 3. The van der Waals surface area contributed by atoms with Crippen LogP contribution in [0.5, 0.6) is 0 Å². The summed E-state index contributed by atoms with van der Waals surface area (Å²) < 4.78 is 38.4. The molecule has 0 saturated heterocycles. The van der Waals surface area contributed by atoms with Crippen LogP contribution in [0, 0.1) is 6.92 Å². The molecule has 1 aromatic rings. The first-order valence-electron chi connectivity index (χ1n) is 5.24. The maximum atomic E-state index is 12.4. The quantitative estimate of drug-likeness (QED) is 0.892. The Morgan fingerprint density at radius 2 is 2.00 bits per heavy atom. The standard InChI is InChI=1S/C11H14F3NO2/c1-3-6-15-7(2)8(4-5-9(15)16)10(17)11(12,13)14/h4-5,10,17H,3,6H2,1-2H3. The first-order valence-corrected chi connectivity index (χ1v) is 5.24. The Hall–Kier alpha value is -1.30. The molecule has 0 bridgehead atoms. The maximum Gasteiger partial charge on any atom is 0.418 e. The predicted octanol–water partition coefficient (Wildman–Crippen LogP) is 2.16. The summed E-state index contributed by atoms with van der Waals surface area (Å²) in [5.41, 5.74) is -0.475. The van der Waals surface area contributed by atoms with Crippen molar-refractivity contribution in [3.63, 3.8) is 0 Å². The topological polar surface area (TPSA) is 42.2 Å². The van der Waals surface area contributed by atoms with Crippen LogP contribution in [0.2, 0.25) is 0 Å². The van der Waals surface area contributed by atoms with E-state index in [4.69, 9.17) is 0 Å². The molecule has 0 aliphatic rings. The second-order valence-electron chi connectivity index (χ2n) is 3.81. The van der Waals surface area contributed by atoms with Gasteiger partial charge in [-0.15, -0.1) is 0 Å². The summed E-state index contributed by atoms with van der Waals surface area (Å²) in [5.74, 6) is 0. The average Bonchev–Trinajstić information content (AvgIpc) is 2.22. The SMILES string of the molecule is CCCn1c(C)c(C(O)C(F)(F)F)ccc1=O. The second kappa shape index (κ2) is 4.91. The zero-order valence-electron chi connectivity index (χ0n) is 9.58. The van der Waals surface area contributed by atoms with Gasteiger partial charge in [-0.1, -0.05) is 6.92 Å². The van der Waals surface area contributed by atoms with Crippen LogP contribution in [0.1, 0.15) is 30.7 Å². The number of aromatic nitrogens is 1. The number of pyridine rings is 1. The van der Waals surface area contributed by atoms with Crippen molar-refractivity contribution < 1.29 is 18.3 Å². The lowest BCUT2D eigenvalue weighted by Crippen LogP contribution is -2.27. The summed E-state index contributed by atoms with van der Waals surface area (Å²) in [6.07, 6.45) is -6.64. The normalized spacial score (nSPS) is 13.8. The number of aliphatic hydroxyl groups excluding tert-OH is 1. The van der Waals surface area contributed by atoms with Crippen LogP contribution in [0.3, 0.4) is 0 Å². The van der Waals surface area contributed by atoms with E-state index in [1.165, 1.54) is 11.5 Å². The van der Waals surface area contributed by atoms with E-state index in [2.05, 4.69) is 0 Å². The van der Waals surface area contributed by atoms with Crippen molar-refractivity contribution in [1.29, 1.82) is 0 Å². The van der Waals surface area contributed by atoms with Gasteiger partial charge < -0.3 is 9.67 Å². The lowest BCUT2D eigenvalue weighted by molar-refractivity contribution is -0.207. The van der Waals surface area contributed by atoms with Crippen molar-refractivity contribution in [1.82, 2.24) is 4.57 Å². The zero-order chi connectivity index (χ0) is 13.2. The third-order valence-electron chi connectivity index (χ3n) is 2.55. The molecule has 96 valence electrons. The Labute approximate surface area is 96.5 Å². The molecule has 1 atom stereocenters. The molecule has 1 heterocycles. The molecule has 6 heteroatoms. The molecule has 1 unspecified atom stereocenters. The van der Waals surface area contributed by atoms with Crippen LogP contribution in [-0.2, 0) is 6.54 Å².